The first kappa shape index (κ1) is 20.4. The van der Waals surface area contributed by atoms with Gasteiger partial charge < -0.3 is 19.8 Å². The van der Waals surface area contributed by atoms with E-state index in [1.54, 1.807) is 4.57 Å². The number of anilines is 1. The van der Waals surface area contributed by atoms with Gasteiger partial charge in [0.2, 0.25) is 0 Å². The van der Waals surface area contributed by atoms with Gasteiger partial charge >= 0.3 is 5.97 Å². The lowest BCUT2D eigenvalue weighted by Crippen LogP contribution is -2.11. The number of esters is 1. The Morgan fingerprint density at radius 3 is 2.44 bits per heavy atom. The molecule has 0 aliphatic carbocycles. The van der Waals surface area contributed by atoms with Crippen molar-refractivity contribution in [3.63, 3.8) is 0 Å². The van der Waals surface area contributed by atoms with E-state index in [2.05, 4.69) is 6.92 Å². The van der Waals surface area contributed by atoms with Crippen LogP contribution in [0.1, 0.15) is 61.5 Å². The number of nitriles is 1. The summed E-state index contributed by atoms with van der Waals surface area (Å²) >= 11 is 0. The lowest BCUT2D eigenvalue weighted by molar-refractivity contribution is 0.0593. The zero-order valence-corrected chi connectivity index (χ0v) is 16.0. The summed E-state index contributed by atoms with van der Waals surface area (Å²) in [6.07, 6.45) is 8.85. The maximum absolute atomic E-state index is 12.0. The second-order valence-corrected chi connectivity index (χ2v) is 6.39. The number of rotatable bonds is 10. The highest BCUT2D eigenvalue weighted by Gasteiger charge is 2.21. The third-order valence-corrected chi connectivity index (χ3v) is 4.43. The number of aromatic nitrogens is 1. The van der Waals surface area contributed by atoms with Crippen molar-refractivity contribution in [1.82, 2.24) is 4.57 Å². The fourth-order valence-electron chi connectivity index (χ4n) is 2.89. The van der Waals surface area contributed by atoms with Crippen LogP contribution >= 0.6 is 0 Å². The molecule has 0 bridgehead atoms. The van der Waals surface area contributed by atoms with Gasteiger partial charge in [0.05, 0.1) is 25.0 Å². The summed E-state index contributed by atoms with van der Waals surface area (Å²) in [7, 11) is 1.28. The highest BCUT2D eigenvalue weighted by atomic mass is 16.5. The Bertz CT molecular complexity index is 788. The van der Waals surface area contributed by atoms with Gasteiger partial charge in [0.25, 0.3) is 0 Å². The van der Waals surface area contributed by atoms with Gasteiger partial charge in [-0.2, -0.15) is 5.26 Å². The van der Waals surface area contributed by atoms with E-state index >= 15 is 0 Å². The Balaban J connectivity index is 2.01. The Morgan fingerprint density at radius 2 is 1.81 bits per heavy atom. The van der Waals surface area contributed by atoms with Crippen LogP contribution in [0.2, 0.25) is 0 Å². The number of nitrogens with zero attached hydrogens (tertiary/aromatic N) is 2. The molecule has 0 saturated carbocycles. The first-order valence-corrected chi connectivity index (χ1v) is 9.34. The normalized spacial score (nSPS) is 10.4. The van der Waals surface area contributed by atoms with E-state index in [1.165, 1.54) is 45.4 Å². The van der Waals surface area contributed by atoms with Gasteiger partial charge in [-0.15, -0.1) is 0 Å². The predicted molar refractivity (Wildman–Crippen MR) is 105 cm³/mol. The van der Waals surface area contributed by atoms with Gasteiger partial charge in [-0.3, -0.25) is 0 Å². The first-order valence-electron chi connectivity index (χ1n) is 9.34. The topological polar surface area (TPSA) is 90.3 Å². The van der Waals surface area contributed by atoms with Crippen molar-refractivity contribution in [2.75, 3.05) is 19.5 Å². The van der Waals surface area contributed by atoms with E-state index in [-0.39, 0.29) is 16.9 Å². The van der Waals surface area contributed by atoms with E-state index in [0.717, 1.165) is 12.2 Å². The number of benzene rings is 1. The number of ether oxygens (including phenoxy) is 2. The molecule has 6 heteroatoms. The molecule has 0 fully saturated rings. The number of hydrogen-bond donors (Lipinski definition) is 1. The van der Waals surface area contributed by atoms with Crippen LogP contribution in [0, 0.1) is 11.3 Å². The fourth-order valence-corrected chi connectivity index (χ4v) is 2.89. The first-order chi connectivity index (χ1) is 13.1. The minimum atomic E-state index is -0.586. The Hall–Kier alpha value is -2.94. The smallest absolute Gasteiger partial charge is 0.357 e. The number of hydrogen-bond acceptors (Lipinski definition) is 5. The summed E-state index contributed by atoms with van der Waals surface area (Å²) in [5, 5.41) is 9.17. The third kappa shape index (κ3) is 5.27. The molecule has 0 radical (unpaired) electrons. The zero-order valence-electron chi connectivity index (χ0n) is 16.0. The van der Waals surface area contributed by atoms with Gasteiger partial charge in [0.1, 0.15) is 11.8 Å². The lowest BCUT2D eigenvalue weighted by atomic mass is 10.1. The average molecular weight is 369 g/mol. The molecule has 0 amide bonds. The molecule has 0 spiro atoms. The molecule has 0 atom stereocenters. The Kier molecular flexibility index (Phi) is 7.75. The van der Waals surface area contributed by atoms with Crippen LogP contribution in [-0.4, -0.2) is 24.3 Å². The molecule has 144 valence electrons. The fraction of sp³-hybridized carbons (Fsp3) is 0.429. The van der Waals surface area contributed by atoms with Crippen molar-refractivity contribution in [3.8, 4) is 17.5 Å². The predicted octanol–water partition coefficient (Wildman–Crippen LogP) is 4.46. The molecule has 1 aromatic heterocycles. The van der Waals surface area contributed by atoms with E-state index in [0.29, 0.717) is 12.3 Å². The summed E-state index contributed by atoms with van der Waals surface area (Å²) in [6.45, 7) is 2.90. The lowest BCUT2D eigenvalue weighted by Gasteiger charge is -2.10. The zero-order chi connectivity index (χ0) is 19.6. The van der Waals surface area contributed by atoms with E-state index < -0.39 is 5.97 Å². The summed E-state index contributed by atoms with van der Waals surface area (Å²) in [5.41, 5.74) is 7.12. The summed E-state index contributed by atoms with van der Waals surface area (Å²) in [5.74, 6) is 0.185. The largest absolute Gasteiger partial charge is 0.494 e. The van der Waals surface area contributed by atoms with Gasteiger partial charge in [0, 0.05) is 11.9 Å². The highest BCUT2D eigenvalue weighted by Crippen LogP contribution is 2.25. The van der Waals surface area contributed by atoms with Crippen molar-refractivity contribution < 1.29 is 14.3 Å². The van der Waals surface area contributed by atoms with E-state index in [4.69, 9.17) is 15.2 Å². The van der Waals surface area contributed by atoms with Crippen LogP contribution in [-0.2, 0) is 4.74 Å². The second kappa shape index (κ2) is 10.3. The highest BCUT2D eigenvalue weighted by molar-refractivity contribution is 5.95. The van der Waals surface area contributed by atoms with Crippen molar-refractivity contribution >= 4 is 11.7 Å². The molecule has 2 rings (SSSR count). The number of nitrogens with two attached hydrogens (primary N) is 1. The quantitative estimate of drug-likeness (QED) is 0.493. The molecular formula is C21H27N3O3. The minimum Gasteiger partial charge on any atom is -0.494 e. The van der Waals surface area contributed by atoms with Crippen molar-refractivity contribution in [1.29, 1.82) is 5.26 Å². The Morgan fingerprint density at radius 1 is 1.15 bits per heavy atom. The SMILES string of the molecule is CCCCCCCCOc1ccc(-n2cc(C#N)c(N)c2C(=O)OC)cc1. The monoisotopic (exact) mass is 369 g/mol. The number of carbonyl (C=O) groups is 1. The maximum Gasteiger partial charge on any atom is 0.357 e. The molecular weight excluding hydrogens is 342 g/mol. The molecule has 1 aromatic carbocycles. The summed E-state index contributed by atoms with van der Waals surface area (Å²) in [4.78, 5) is 12.0. The third-order valence-electron chi connectivity index (χ3n) is 4.43. The van der Waals surface area contributed by atoms with Crippen LogP contribution in [0.5, 0.6) is 5.75 Å². The van der Waals surface area contributed by atoms with Crippen LogP contribution < -0.4 is 10.5 Å². The number of methoxy groups -OCH3 is 1. The van der Waals surface area contributed by atoms with Gasteiger partial charge in [0.15, 0.2) is 5.69 Å². The van der Waals surface area contributed by atoms with Gasteiger partial charge in [-0.25, -0.2) is 4.79 Å². The van der Waals surface area contributed by atoms with Crippen LogP contribution in [0.4, 0.5) is 5.69 Å². The molecule has 27 heavy (non-hydrogen) atoms. The maximum atomic E-state index is 12.0. The van der Waals surface area contributed by atoms with Gasteiger partial charge in [-0.1, -0.05) is 39.0 Å². The second-order valence-electron chi connectivity index (χ2n) is 6.39. The van der Waals surface area contributed by atoms with Crippen LogP contribution in [0.3, 0.4) is 0 Å². The van der Waals surface area contributed by atoms with Crippen molar-refractivity contribution in [3.05, 3.63) is 41.7 Å². The van der Waals surface area contributed by atoms with E-state index in [9.17, 15) is 10.1 Å². The summed E-state index contributed by atoms with van der Waals surface area (Å²) in [6, 6.07) is 9.32. The molecule has 1 heterocycles. The number of carbonyl (C=O) groups excluding carboxylic acids is 1. The molecule has 2 aromatic rings. The summed E-state index contributed by atoms with van der Waals surface area (Å²) < 4.78 is 12.1. The Labute approximate surface area is 160 Å². The van der Waals surface area contributed by atoms with Crippen molar-refractivity contribution in [2.45, 2.75) is 45.4 Å². The van der Waals surface area contributed by atoms with Crippen LogP contribution in [0.25, 0.3) is 5.69 Å². The molecule has 0 saturated heterocycles. The molecule has 0 aliphatic heterocycles. The molecule has 0 unspecified atom stereocenters. The average Bonchev–Trinajstić information content (AvgIpc) is 3.03. The van der Waals surface area contributed by atoms with Gasteiger partial charge in [-0.05, 0) is 30.7 Å². The molecule has 6 nitrogen and oxygen atoms in total. The number of nitrogen functional groups attached to an aromatic ring is 1. The van der Waals surface area contributed by atoms with Crippen molar-refractivity contribution in [2.24, 2.45) is 0 Å². The molecule has 2 N–H and O–H groups in total. The van der Waals surface area contributed by atoms with E-state index in [1.807, 2.05) is 30.3 Å². The standard InChI is InChI=1S/C21H27N3O3/c1-3-4-5-6-7-8-13-27-18-11-9-17(10-12-18)24-15-16(14-22)19(23)20(24)21(25)26-2/h9-12,15H,3-8,13,23H2,1-2H3. The molecule has 0 aliphatic rings. The minimum absolute atomic E-state index is 0.118. The number of unbranched alkanes of at least 4 members (excludes halogenated alkanes) is 5. The van der Waals surface area contributed by atoms with Crippen LogP contribution in [0.15, 0.2) is 30.5 Å².